The second kappa shape index (κ2) is 4.73. The zero-order valence-electron chi connectivity index (χ0n) is 9.54. The van der Waals surface area contributed by atoms with E-state index in [9.17, 15) is 9.90 Å². The molecule has 2 unspecified atom stereocenters. The summed E-state index contributed by atoms with van der Waals surface area (Å²) >= 11 is 6.89. The van der Waals surface area contributed by atoms with E-state index in [0.717, 1.165) is 33.8 Å². The van der Waals surface area contributed by atoms with Gasteiger partial charge in [-0.1, -0.05) is 57.3 Å². The van der Waals surface area contributed by atoms with E-state index in [1.807, 2.05) is 18.2 Å². The lowest BCUT2D eigenvalue weighted by Crippen LogP contribution is -2.22. The summed E-state index contributed by atoms with van der Waals surface area (Å²) in [5.41, 5.74) is 1.41. The van der Waals surface area contributed by atoms with Crippen molar-refractivity contribution in [1.82, 2.24) is 0 Å². The Morgan fingerprint density at radius 3 is 2.76 bits per heavy atom. The molecule has 0 heterocycles. The average molecular weight is 362 g/mol. The molecule has 1 aliphatic rings. The number of hydrogen-bond acceptors (Lipinski definition) is 1. The fourth-order valence-electron chi connectivity index (χ4n) is 2.52. The van der Waals surface area contributed by atoms with Crippen LogP contribution >= 0.6 is 31.9 Å². The molecule has 0 aliphatic heterocycles. The number of aliphatic carboxylic acids is 1. The Morgan fingerprint density at radius 2 is 2.29 bits per heavy atom. The minimum Gasteiger partial charge on any atom is -0.481 e. The van der Waals surface area contributed by atoms with Crippen molar-refractivity contribution in [2.75, 3.05) is 0 Å². The van der Waals surface area contributed by atoms with Crippen LogP contribution in [0.2, 0.25) is 0 Å². The van der Waals surface area contributed by atoms with E-state index in [-0.39, 0.29) is 5.92 Å². The van der Waals surface area contributed by atoms with E-state index in [1.54, 1.807) is 0 Å². The van der Waals surface area contributed by atoms with Crippen LogP contribution in [-0.2, 0) is 15.5 Å². The third-order valence-electron chi connectivity index (χ3n) is 3.68. The summed E-state index contributed by atoms with van der Waals surface area (Å²) in [7, 11) is 0. The first-order valence-corrected chi connectivity index (χ1v) is 7.56. The Balaban J connectivity index is 2.43. The molecule has 92 valence electrons. The van der Waals surface area contributed by atoms with Gasteiger partial charge in [0, 0.05) is 9.80 Å². The lowest BCUT2D eigenvalue weighted by Gasteiger charge is -2.14. The van der Waals surface area contributed by atoms with Gasteiger partial charge in [-0.3, -0.25) is 4.79 Å². The molecule has 0 radical (unpaired) electrons. The lowest BCUT2D eigenvalue weighted by molar-refractivity contribution is -0.140. The van der Waals surface area contributed by atoms with E-state index in [2.05, 4.69) is 38.8 Å². The molecule has 0 aromatic heterocycles. The van der Waals surface area contributed by atoms with Crippen LogP contribution in [0.15, 0.2) is 22.7 Å². The van der Waals surface area contributed by atoms with Gasteiger partial charge in [-0.2, -0.15) is 0 Å². The normalized spacial score (nSPS) is 26.9. The summed E-state index contributed by atoms with van der Waals surface area (Å²) in [5, 5.41) is 10.2. The topological polar surface area (TPSA) is 37.3 Å². The Kier molecular flexibility index (Phi) is 3.64. The van der Waals surface area contributed by atoms with Crippen LogP contribution in [0.25, 0.3) is 0 Å². The highest BCUT2D eigenvalue weighted by molar-refractivity contribution is 9.10. The van der Waals surface area contributed by atoms with Crippen LogP contribution in [0.1, 0.15) is 30.9 Å². The smallest absolute Gasteiger partial charge is 0.314 e. The molecule has 0 bridgehead atoms. The van der Waals surface area contributed by atoms with Gasteiger partial charge >= 0.3 is 5.97 Å². The van der Waals surface area contributed by atoms with Crippen LogP contribution in [0.4, 0.5) is 0 Å². The minimum atomic E-state index is -0.688. The van der Waals surface area contributed by atoms with E-state index in [4.69, 9.17) is 0 Å². The van der Waals surface area contributed by atoms with Crippen molar-refractivity contribution in [2.24, 2.45) is 5.92 Å². The summed E-state index contributed by atoms with van der Waals surface area (Å²) in [5.74, 6) is -0.406. The quantitative estimate of drug-likeness (QED) is 0.820. The summed E-state index contributed by atoms with van der Waals surface area (Å²) in [6, 6.07) is 5.88. The zero-order chi connectivity index (χ0) is 12.6. The van der Waals surface area contributed by atoms with Gasteiger partial charge in [-0.05, 0) is 29.5 Å². The largest absolute Gasteiger partial charge is 0.481 e. The van der Waals surface area contributed by atoms with Crippen molar-refractivity contribution in [2.45, 2.75) is 30.5 Å². The van der Waals surface area contributed by atoms with Crippen molar-refractivity contribution in [1.29, 1.82) is 0 Å². The summed E-state index contributed by atoms with van der Waals surface area (Å²) < 4.78 is 1.02. The molecule has 0 amide bonds. The first-order valence-electron chi connectivity index (χ1n) is 5.64. The van der Waals surface area contributed by atoms with E-state index in [0.29, 0.717) is 0 Å². The maximum atomic E-state index is 11.5. The molecule has 1 aromatic rings. The number of rotatable bonds is 4. The third-order valence-corrected chi connectivity index (χ3v) is 5.06. The number of halogens is 2. The fraction of sp³-hybridized carbons (Fsp3) is 0.462. The van der Waals surface area contributed by atoms with E-state index in [1.165, 1.54) is 0 Å². The van der Waals surface area contributed by atoms with Crippen molar-refractivity contribution in [3.8, 4) is 0 Å². The molecule has 2 rings (SSSR count). The summed E-state index contributed by atoms with van der Waals surface area (Å²) in [4.78, 5) is 11.5. The Labute approximate surface area is 118 Å². The molecule has 1 aliphatic carbocycles. The van der Waals surface area contributed by atoms with Crippen LogP contribution in [0.5, 0.6) is 0 Å². The SMILES string of the molecule is CCC1CC1(C(=O)O)c1ccc(Br)c(CBr)c1. The van der Waals surface area contributed by atoms with Gasteiger partial charge < -0.3 is 5.11 Å². The average Bonchev–Trinajstić information content (AvgIpc) is 3.05. The van der Waals surface area contributed by atoms with Crippen LogP contribution < -0.4 is 0 Å². The Bertz CT molecular complexity index is 459. The van der Waals surface area contributed by atoms with Crippen LogP contribution in [-0.4, -0.2) is 11.1 Å². The molecule has 17 heavy (non-hydrogen) atoms. The standard InChI is InChI=1S/C13H14Br2O2/c1-2-9-6-13(9,12(16)17)10-3-4-11(15)8(5-10)7-14/h3-5,9H,2,6-7H2,1H3,(H,16,17). The Morgan fingerprint density at radius 1 is 1.59 bits per heavy atom. The van der Waals surface area contributed by atoms with Gasteiger partial charge in [-0.15, -0.1) is 0 Å². The fourth-order valence-corrected chi connectivity index (χ4v) is 3.74. The Hall–Kier alpha value is -0.350. The minimum absolute atomic E-state index is 0.282. The molecule has 2 nitrogen and oxygen atoms in total. The number of carboxylic acid groups (broad SMARTS) is 1. The number of carbonyl (C=O) groups is 1. The highest BCUT2D eigenvalue weighted by atomic mass is 79.9. The first kappa shape index (κ1) is 13.1. The monoisotopic (exact) mass is 360 g/mol. The maximum absolute atomic E-state index is 11.5. The number of alkyl halides is 1. The predicted octanol–water partition coefficient (Wildman–Crippen LogP) is 4.10. The molecule has 1 N–H and O–H groups in total. The van der Waals surface area contributed by atoms with Crippen LogP contribution in [0, 0.1) is 5.92 Å². The molecular weight excluding hydrogens is 348 g/mol. The van der Waals surface area contributed by atoms with Gasteiger partial charge in [0.1, 0.15) is 0 Å². The van der Waals surface area contributed by atoms with Gasteiger partial charge in [-0.25, -0.2) is 0 Å². The molecule has 4 heteroatoms. The molecule has 0 saturated heterocycles. The maximum Gasteiger partial charge on any atom is 0.314 e. The van der Waals surface area contributed by atoms with Gasteiger partial charge in [0.05, 0.1) is 5.41 Å². The molecular formula is C13H14Br2O2. The van der Waals surface area contributed by atoms with Gasteiger partial charge in [0.2, 0.25) is 0 Å². The van der Waals surface area contributed by atoms with Crippen molar-refractivity contribution in [3.63, 3.8) is 0 Å². The summed E-state index contributed by atoms with van der Waals surface area (Å²) in [6.45, 7) is 2.06. The van der Waals surface area contributed by atoms with E-state index >= 15 is 0 Å². The zero-order valence-corrected chi connectivity index (χ0v) is 12.7. The number of hydrogen-bond donors (Lipinski definition) is 1. The van der Waals surface area contributed by atoms with Crippen molar-refractivity contribution >= 4 is 37.8 Å². The van der Waals surface area contributed by atoms with E-state index < -0.39 is 11.4 Å². The molecule has 1 saturated carbocycles. The van der Waals surface area contributed by atoms with Gasteiger partial charge in [0.15, 0.2) is 0 Å². The van der Waals surface area contributed by atoms with Crippen molar-refractivity contribution < 1.29 is 9.90 Å². The molecule has 2 atom stereocenters. The predicted molar refractivity (Wildman–Crippen MR) is 74.5 cm³/mol. The van der Waals surface area contributed by atoms with Gasteiger partial charge in [0.25, 0.3) is 0 Å². The van der Waals surface area contributed by atoms with Crippen LogP contribution in [0.3, 0.4) is 0 Å². The lowest BCUT2D eigenvalue weighted by atomic mass is 9.91. The molecule has 0 spiro atoms. The van der Waals surface area contributed by atoms with Crippen molar-refractivity contribution in [3.05, 3.63) is 33.8 Å². The molecule has 1 fully saturated rings. The first-order chi connectivity index (χ1) is 8.06. The number of benzene rings is 1. The summed E-state index contributed by atoms with van der Waals surface area (Å²) in [6.07, 6.45) is 1.69. The highest BCUT2D eigenvalue weighted by Crippen LogP contribution is 2.56. The number of carboxylic acids is 1. The second-order valence-electron chi connectivity index (χ2n) is 4.53. The molecule has 1 aromatic carbocycles. The second-order valence-corrected chi connectivity index (χ2v) is 5.94. The third kappa shape index (κ3) is 2.06. The highest BCUT2D eigenvalue weighted by Gasteiger charge is 2.60.